The van der Waals surface area contributed by atoms with Gasteiger partial charge >= 0.3 is 0 Å². The monoisotopic (exact) mass is 166 g/mol. The van der Waals surface area contributed by atoms with Gasteiger partial charge in [0.25, 0.3) is 0 Å². The van der Waals surface area contributed by atoms with Crippen molar-refractivity contribution in [3.8, 4) is 5.75 Å². The minimum atomic E-state index is 0.442. The van der Waals surface area contributed by atoms with E-state index in [2.05, 4.69) is 13.0 Å². The fraction of sp³-hybridized carbons (Fsp3) is 0.333. The van der Waals surface area contributed by atoms with Gasteiger partial charge in [-0.05, 0) is 18.1 Å². The number of phenolic OH excluding ortho intramolecular Hbond substituents is 1. The third-order valence-corrected chi connectivity index (χ3v) is 3.18. The Morgan fingerprint density at radius 3 is 3.09 bits per heavy atom. The number of aromatic hydroxyl groups is 1. The smallest absolute Gasteiger partial charge is 0.129 e. The van der Waals surface area contributed by atoms with Crippen molar-refractivity contribution in [1.82, 2.24) is 0 Å². The summed E-state index contributed by atoms with van der Waals surface area (Å²) in [6.45, 7) is 2.18. The molecule has 0 radical (unpaired) electrons. The standard InChI is InChI=1S/C9H10OS/c1-6-5-7-3-2-4-8(10)9(7)11-6/h2-4,6,10H,5H2,1H3. The highest BCUT2D eigenvalue weighted by Crippen LogP contribution is 2.41. The molecule has 1 aromatic rings. The molecule has 0 spiro atoms. The largest absolute Gasteiger partial charge is 0.507 e. The van der Waals surface area contributed by atoms with Crippen molar-refractivity contribution in [1.29, 1.82) is 0 Å². The van der Waals surface area contributed by atoms with E-state index in [0.717, 1.165) is 11.3 Å². The summed E-state index contributed by atoms with van der Waals surface area (Å²) in [5.74, 6) is 0.442. The summed E-state index contributed by atoms with van der Waals surface area (Å²) in [5, 5.41) is 10.1. The number of hydrogen-bond acceptors (Lipinski definition) is 2. The minimum Gasteiger partial charge on any atom is -0.507 e. The van der Waals surface area contributed by atoms with Crippen molar-refractivity contribution >= 4 is 11.8 Å². The number of phenols is 1. The van der Waals surface area contributed by atoms with Crippen molar-refractivity contribution in [2.45, 2.75) is 23.5 Å². The van der Waals surface area contributed by atoms with Crippen molar-refractivity contribution < 1.29 is 5.11 Å². The van der Waals surface area contributed by atoms with Crippen molar-refractivity contribution in [3.05, 3.63) is 23.8 Å². The van der Waals surface area contributed by atoms with Gasteiger partial charge in [0.2, 0.25) is 0 Å². The van der Waals surface area contributed by atoms with Crippen LogP contribution in [0.2, 0.25) is 0 Å². The molecule has 1 atom stereocenters. The average Bonchev–Trinajstić information content (AvgIpc) is 2.31. The summed E-state index contributed by atoms with van der Waals surface area (Å²) >= 11 is 1.77. The molecule has 1 aliphatic rings. The van der Waals surface area contributed by atoms with E-state index in [4.69, 9.17) is 0 Å². The molecule has 2 rings (SSSR count). The van der Waals surface area contributed by atoms with E-state index >= 15 is 0 Å². The number of benzene rings is 1. The Labute approximate surface area is 70.4 Å². The first-order valence-electron chi connectivity index (χ1n) is 3.75. The predicted octanol–water partition coefficient (Wildman–Crippen LogP) is 2.43. The predicted molar refractivity (Wildman–Crippen MR) is 47.1 cm³/mol. The quantitative estimate of drug-likeness (QED) is 0.638. The van der Waals surface area contributed by atoms with Crippen LogP contribution in [0.3, 0.4) is 0 Å². The molecule has 2 heteroatoms. The molecular weight excluding hydrogens is 156 g/mol. The number of rotatable bonds is 0. The van der Waals surface area contributed by atoms with Gasteiger partial charge in [0, 0.05) is 5.25 Å². The molecule has 0 aliphatic carbocycles. The molecule has 0 amide bonds. The van der Waals surface area contributed by atoms with Crippen LogP contribution >= 0.6 is 11.8 Å². The summed E-state index contributed by atoms with van der Waals surface area (Å²) in [6.07, 6.45) is 1.09. The molecule has 0 bridgehead atoms. The summed E-state index contributed by atoms with van der Waals surface area (Å²) < 4.78 is 0. The van der Waals surface area contributed by atoms with Crippen LogP contribution in [-0.4, -0.2) is 10.4 Å². The Hall–Kier alpha value is -0.630. The molecule has 1 aliphatic heterocycles. The second kappa shape index (κ2) is 2.45. The van der Waals surface area contributed by atoms with Crippen molar-refractivity contribution in [3.63, 3.8) is 0 Å². The summed E-state index contributed by atoms with van der Waals surface area (Å²) in [7, 11) is 0. The maximum absolute atomic E-state index is 9.43. The van der Waals surface area contributed by atoms with E-state index in [0.29, 0.717) is 11.0 Å². The Balaban J connectivity index is 2.49. The molecule has 0 aromatic heterocycles. The lowest BCUT2D eigenvalue weighted by molar-refractivity contribution is 0.462. The molecular formula is C9H10OS. The first kappa shape index (κ1) is 7.04. The first-order valence-corrected chi connectivity index (χ1v) is 4.63. The van der Waals surface area contributed by atoms with E-state index in [1.165, 1.54) is 5.56 Å². The second-order valence-corrected chi connectivity index (χ2v) is 4.35. The molecule has 1 heterocycles. The Morgan fingerprint density at radius 1 is 1.55 bits per heavy atom. The molecule has 1 aromatic carbocycles. The molecule has 58 valence electrons. The maximum Gasteiger partial charge on any atom is 0.129 e. The third kappa shape index (κ3) is 1.11. The van der Waals surface area contributed by atoms with Gasteiger partial charge in [-0.25, -0.2) is 0 Å². The molecule has 1 nitrogen and oxygen atoms in total. The average molecular weight is 166 g/mol. The van der Waals surface area contributed by atoms with E-state index in [9.17, 15) is 5.11 Å². The van der Waals surface area contributed by atoms with Crippen LogP contribution in [0.4, 0.5) is 0 Å². The third-order valence-electron chi connectivity index (χ3n) is 1.90. The molecule has 11 heavy (non-hydrogen) atoms. The molecule has 0 fully saturated rings. The lowest BCUT2D eigenvalue weighted by Gasteiger charge is -1.98. The van der Waals surface area contributed by atoms with E-state index in [1.807, 2.05) is 6.07 Å². The normalized spacial score (nSPS) is 21.7. The fourth-order valence-electron chi connectivity index (χ4n) is 1.42. The molecule has 0 saturated heterocycles. The van der Waals surface area contributed by atoms with Gasteiger partial charge in [-0.2, -0.15) is 0 Å². The highest BCUT2D eigenvalue weighted by Gasteiger charge is 2.20. The van der Waals surface area contributed by atoms with Gasteiger partial charge in [0.1, 0.15) is 5.75 Å². The second-order valence-electron chi connectivity index (χ2n) is 2.90. The summed E-state index contributed by atoms with van der Waals surface area (Å²) in [6, 6.07) is 5.75. The van der Waals surface area contributed by atoms with Crippen LogP contribution in [0, 0.1) is 0 Å². The lowest BCUT2D eigenvalue weighted by Crippen LogP contribution is -1.90. The minimum absolute atomic E-state index is 0.442. The molecule has 0 saturated carbocycles. The first-order chi connectivity index (χ1) is 5.27. The number of thioether (sulfide) groups is 1. The Morgan fingerprint density at radius 2 is 2.36 bits per heavy atom. The highest BCUT2D eigenvalue weighted by atomic mass is 32.2. The topological polar surface area (TPSA) is 20.2 Å². The zero-order chi connectivity index (χ0) is 7.84. The van der Waals surface area contributed by atoms with E-state index in [-0.39, 0.29) is 0 Å². The number of hydrogen-bond donors (Lipinski definition) is 1. The molecule has 1 unspecified atom stereocenters. The zero-order valence-electron chi connectivity index (χ0n) is 6.37. The molecule has 1 N–H and O–H groups in total. The van der Waals surface area contributed by atoms with Crippen LogP contribution in [0.1, 0.15) is 12.5 Å². The van der Waals surface area contributed by atoms with E-state index < -0.39 is 0 Å². The summed E-state index contributed by atoms with van der Waals surface area (Å²) in [5.41, 5.74) is 1.29. The van der Waals surface area contributed by atoms with Crippen LogP contribution in [0.15, 0.2) is 23.1 Å². The van der Waals surface area contributed by atoms with Crippen molar-refractivity contribution in [2.75, 3.05) is 0 Å². The van der Waals surface area contributed by atoms with E-state index in [1.54, 1.807) is 17.8 Å². The van der Waals surface area contributed by atoms with Crippen LogP contribution in [-0.2, 0) is 6.42 Å². The number of fused-ring (bicyclic) bond motifs is 1. The highest BCUT2D eigenvalue weighted by molar-refractivity contribution is 8.00. The maximum atomic E-state index is 9.43. The van der Waals surface area contributed by atoms with Gasteiger partial charge in [0.15, 0.2) is 0 Å². The Kier molecular flexibility index (Phi) is 1.57. The lowest BCUT2D eigenvalue weighted by atomic mass is 10.1. The van der Waals surface area contributed by atoms with Gasteiger partial charge in [-0.15, -0.1) is 11.8 Å². The van der Waals surface area contributed by atoms with Crippen LogP contribution < -0.4 is 0 Å². The van der Waals surface area contributed by atoms with Gasteiger partial charge < -0.3 is 5.11 Å². The SMILES string of the molecule is CC1Cc2cccc(O)c2S1. The van der Waals surface area contributed by atoms with Gasteiger partial charge in [-0.1, -0.05) is 19.1 Å². The zero-order valence-corrected chi connectivity index (χ0v) is 7.19. The fourth-order valence-corrected chi connectivity index (χ4v) is 2.58. The Bertz CT molecular complexity index is 283. The van der Waals surface area contributed by atoms with Crippen LogP contribution in [0.5, 0.6) is 5.75 Å². The van der Waals surface area contributed by atoms with Gasteiger partial charge in [-0.3, -0.25) is 0 Å². The van der Waals surface area contributed by atoms with Crippen molar-refractivity contribution in [2.24, 2.45) is 0 Å². The van der Waals surface area contributed by atoms with Gasteiger partial charge in [0.05, 0.1) is 4.90 Å². The van der Waals surface area contributed by atoms with Crippen LogP contribution in [0.25, 0.3) is 0 Å². The summed E-state index contributed by atoms with van der Waals surface area (Å²) in [4.78, 5) is 1.08.